The van der Waals surface area contributed by atoms with E-state index in [-0.39, 0.29) is 5.91 Å². The highest BCUT2D eigenvalue weighted by atomic mass is 32.2. The fraction of sp³-hybridized carbons (Fsp3) is 0.667. The van der Waals surface area contributed by atoms with Gasteiger partial charge in [0.05, 0.1) is 0 Å². The molecule has 1 atom stereocenters. The maximum Gasteiger partial charge on any atom is 0.245 e. The zero-order valence-corrected chi connectivity index (χ0v) is 8.86. The molecule has 3 heteroatoms. The predicted octanol–water partition coefficient (Wildman–Crippen LogP) is 1.77. The number of likely N-dealkylation sites (N-methyl/N-ethyl adjacent to an activating group) is 1. The van der Waals surface area contributed by atoms with Gasteiger partial charge in [-0.1, -0.05) is 6.58 Å². The van der Waals surface area contributed by atoms with Gasteiger partial charge in [0.15, 0.2) is 0 Å². The molecule has 0 aromatic carbocycles. The summed E-state index contributed by atoms with van der Waals surface area (Å²) in [7, 11) is 1.81. The molecule has 0 saturated heterocycles. The van der Waals surface area contributed by atoms with E-state index in [1.165, 1.54) is 6.08 Å². The van der Waals surface area contributed by atoms with Gasteiger partial charge in [-0.25, -0.2) is 0 Å². The molecule has 2 nitrogen and oxygen atoms in total. The Morgan fingerprint density at radius 2 is 2.33 bits per heavy atom. The van der Waals surface area contributed by atoms with Gasteiger partial charge < -0.3 is 4.90 Å². The van der Waals surface area contributed by atoms with Crippen LogP contribution in [0.3, 0.4) is 0 Å². The van der Waals surface area contributed by atoms with Crippen LogP contribution in [0.4, 0.5) is 0 Å². The maximum atomic E-state index is 11.1. The predicted molar refractivity (Wildman–Crippen MR) is 55.4 cm³/mol. The molecule has 0 rings (SSSR count). The van der Waals surface area contributed by atoms with Crippen LogP contribution in [-0.2, 0) is 4.79 Å². The number of hydrogen-bond donors (Lipinski definition) is 0. The molecule has 0 N–H and O–H groups in total. The third kappa shape index (κ3) is 3.81. The van der Waals surface area contributed by atoms with Crippen LogP contribution in [-0.4, -0.2) is 35.9 Å². The number of thioether (sulfide) groups is 1. The van der Waals surface area contributed by atoms with Crippen molar-refractivity contribution < 1.29 is 4.79 Å². The van der Waals surface area contributed by atoms with Crippen LogP contribution >= 0.6 is 11.8 Å². The van der Waals surface area contributed by atoms with Crippen LogP contribution in [0.1, 0.15) is 13.3 Å². The molecule has 0 saturated carbocycles. The average molecular weight is 187 g/mol. The molecule has 12 heavy (non-hydrogen) atoms. The largest absolute Gasteiger partial charge is 0.340 e. The van der Waals surface area contributed by atoms with Crippen molar-refractivity contribution in [1.29, 1.82) is 0 Å². The van der Waals surface area contributed by atoms with Gasteiger partial charge in [0.25, 0.3) is 0 Å². The van der Waals surface area contributed by atoms with E-state index < -0.39 is 0 Å². The minimum Gasteiger partial charge on any atom is -0.340 e. The van der Waals surface area contributed by atoms with Crippen molar-refractivity contribution in [1.82, 2.24) is 4.90 Å². The smallest absolute Gasteiger partial charge is 0.245 e. The summed E-state index contributed by atoms with van der Waals surface area (Å²) in [5.41, 5.74) is 0. The first-order valence-electron chi connectivity index (χ1n) is 4.01. The topological polar surface area (TPSA) is 20.3 Å². The molecule has 0 aromatic heterocycles. The molecular weight excluding hydrogens is 170 g/mol. The lowest BCUT2D eigenvalue weighted by atomic mass is 10.2. The van der Waals surface area contributed by atoms with Crippen LogP contribution < -0.4 is 0 Å². The van der Waals surface area contributed by atoms with Gasteiger partial charge in [-0.15, -0.1) is 0 Å². The van der Waals surface area contributed by atoms with E-state index in [4.69, 9.17) is 0 Å². The Morgan fingerprint density at radius 3 is 2.75 bits per heavy atom. The number of rotatable bonds is 5. The van der Waals surface area contributed by atoms with E-state index in [9.17, 15) is 4.79 Å². The van der Waals surface area contributed by atoms with Crippen LogP contribution in [0, 0.1) is 0 Å². The molecule has 0 spiro atoms. The fourth-order valence-corrected chi connectivity index (χ4v) is 1.42. The molecule has 0 aliphatic heterocycles. The molecular formula is C9H17NOS. The van der Waals surface area contributed by atoms with Crippen molar-refractivity contribution in [2.75, 3.05) is 19.1 Å². The summed E-state index contributed by atoms with van der Waals surface area (Å²) in [5, 5.41) is 0. The van der Waals surface area contributed by atoms with E-state index in [1.807, 2.05) is 7.05 Å². The molecule has 1 unspecified atom stereocenters. The highest BCUT2D eigenvalue weighted by Crippen LogP contribution is 2.06. The van der Waals surface area contributed by atoms with E-state index >= 15 is 0 Å². The average Bonchev–Trinajstić information content (AvgIpc) is 2.11. The molecule has 1 amide bonds. The lowest BCUT2D eigenvalue weighted by Crippen LogP contribution is -2.34. The first-order chi connectivity index (χ1) is 5.63. The molecule has 0 bridgehead atoms. The molecule has 0 aliphatic carbocycles. The highest BCUT2D eigenvalue weighted by Gasteiger charge is 2.11. The van der Waals surface area contributed by atoms with Gasteiger partial charge in [0.1, 0.15) is 0 Å². The Morgan fingerprint density at radius 1 is 1.75 bits per heavy atom. The number of amides is 1. The van der Waals surface area contributed by atoms with E-state index in [0.717, 1.165) is 12.2 Å². The summed E-state index contributed by atoms with van der Waals surface area (Å²) in [4.78, 5) is 12.8. The summed E-state index contributed by atoms with van der Waals surface area (Å²) in [6.45, 7) is 5.50. The maximum absolute atomic E-state index is 11.1. The Hall–Kier alpha value is -0.440. The van der Waals surface area contributed by atoms with Crippen molar-refractivity contribution in [3.8, 4) is 0 Å². The van der Waals surface area contributed by atoms with Gasteiger partial charge in [0.2, 0.25) is 5.91 Å². The Balaban J connectivity index is 3.83. The van der Waals surface area contributed by atoms with Crippen molar-refractivity contribution in [3.63, 3.8) is 0 Å². The second-order valence-electron chi connectivity index (χ2n) is 2.78. The molecule has 0 aliphatic rings. The molecule has 0 fully saturated rings. The first kappa shape index (κ1) is 11.6. The molecule has 0 radical (unpaired) electrons. The standard InChI is InChI=1S/C9H17NOS/c1-5-9(11)10(3)8(2)6-7-12-4/h5,8H,1,6-7H2,2-4H3. The van der Waals surface area contributed by atoms with Gasteiger partial charge in [-0.3, -0.25) is 4.79 Å². The monoisotopic (exact) mass is 187 g/mol. The highest BCUT2D eigenvalue weighted by molar-refractivity contribution is 7.98. The zero-order chi connectivity index (χ0) is 9.56. The van der Waals surface area contributed by atoms with Crippen LogP contribution in [0.25, 0.3) is 0 Å². The normalized spacial score (nSPS) is 12.2. The van der Waals surface area contributed by atoms with Crippen molar-refractivity contribution in [3.05, 3.63) is 12.7 Å². The number of nitrogens with zero attached hydrogens (tertiary/aromatic N) is 1. The number of carbonyl (C=O) groups excluding carboxylic acids is 1. The third-order valence-corrected chi connectivity index (χ3v) is 2.57. The summed E-state index contributed by atoms with van der Waals surface area (Å²) >= 11 is 1.80. The van der Waals surface area contributed by atoms with Crippen molar-refractivity contribution in [2.45, 2.75) is 19.4 Å². The SMILES string of the molecule is C=CC(=O)N(C)C(C)CCSC. The lowest BCUT2D eigenvalue weighted by molar-refractivity contribution is -0.126. The Kier molecular flexibility index (Phi) is 5.89. The number of carbonyl (C=O) groups is 1. The van der Waals surface area contributed by atoms with Gasteiger partial charge in [-0.05, 0) is 31.4 Å². The third-order valence-electron chi connectivity index (χ3n) is 1.92. The fourth-order valence-electron chi connectivity index (χ4n) is 0.843. The second-order valence-corrected chi connectivity index (χ2v) is 3.77. The summed E-state index contributed by atoms with van der Waals surface area (Å²) in [6, 6.07) is 0.308. The van der Waals surface area contributed by atoms with Crippen LogP contribution in [0.15, 0.2) is 12.7 Å². The molecule has 70 valence electrons. The van der Waals surface area contributed by atoms with Crippen LogP contribution in [0.5, 0.6) is 0 Å². The lowest BCUT2D eigenvalue weighted by Gasteiger charge is -2.23. The quantitative estimate of drug-likeness (QED) is 0.611. The molecule has 0 aromatic rings. The molecule has 0 heterocycles. The van der Waals surface area contributed by atoms with E-state index in [2.05, 4.69) is 19.8 Å². The Bertz CT molecular complexity index is 159. The van der Waals surface area contributed by atoms with Gasteiger partial charge in [0, 0.05) is 13.1 Å². The number of hydrogen-bond acceptors (Lipinski definition) is 2. The summed E-state index contributed by atoms with van der Waals surface area (Å²) in [6.07, 6.45) is 4.47. The summed E-state index contributed by atoms with van der Waals surface area (Å²) < 4.78 is 0. The second kappa shape index (κ2) is 6.12. The van der Waals surface area contributed by atoms with E-state index in [1.54, 1.807) is 16.7 Å². The van der Waals surface area contributed by atoms with Gasteiger partial charge >= 0.3 is 0 Å². The Labute approximate surface area is 79.0 Å². The van der Waals surface area contributed by atoms with Crippen molar-refractivity contribution in [2.24, 2.45) is 0 Å². The van der Waals surface area contributed by atoms with Crippen molar-refractivity contribution >= 4 is 17.7 Å². The van der Waals surface area contributed by atoms with Gasteiger partial charge in [-0.2, -0.15) is 11.8 Å². The van der Waals surface area contributed by atoms with E-state index in [0.29, 0.717) is 6.04 Å². The zero-order valence-electron chi connectivity index (χ0n) is 8.04. The minimum absolute atomic E-state index is 0.00334. The van der Waals surface area contributed by atoms with Crippen LogP contribution in [0.2, 0.25) is 0 Å². The summed E-state index contributed by atoms with van der Waals surface area (Å²) in [5.74, 6) is 1.10. The minimum atomic E-state index is 0.00334. The first-order valence-corrected chi connectivity index (χ1v) is 5.41.